The number of hydrogen-bond acceptors (Lipinski definition) is 2. The molecule has 5 heteroatoms. The molecule has 0 atom stereocenters. The van der Waals surface area contributed by atoms with Gasteiger partial charge in [0, 0.05) is 5.56 Å². The number of nitrogens with one attached hydrogen (secondary N) is 1. The summed E-state index contributed by atoms with van der Waals surface area (Å²) in [6.45, 7) is 1.78. The van der Waals surface area contributed by atoms with E-state index in [1.54, 1.807) is 13.0 Å². The van der Waals surface area contributed by atoms with Gasteiger partial charge >= 0.3 is 0 Å². The van der Waals surface area contributed by atoms with Gasteiger partial charge in [-0.05, 0) is 42.8 Å². The van der Waals surface area contributed by atoms with Gasteiger partial charge in [-0.15, -0.1) is 0 Å². The molecule has 0 aliphatic heterocycles. The Morgan fingerprint density at radius 1 is 1.05 bits per heavy atom. The topological polar surface area (TPSA) is 59.1 Å². The molecule has 2 rings (SSSR count). The van der Waals surface area contributed by atoms with E-state index in [9.17, 15) is 8.78 Å². The molecule has 0 saturated carbocycles. The fourth-order valence-corrected chi connectivity index (χ4v) is 1.56. The van der Waals surface area contributed by atoms with E-state index >= 15 is 0 Å². The normalized spacial score (nSPS) is 10.3. The van der Waals surface area contributed by atoms with Crippen LogP contribution in [0.15, 0.2) is 36.4 Å². The van der Waals surface area contributed by atoms with Gasteiger partial charge in [0.2, 0.25) is 0 Å². The number of rotatable bonds is 3. The minimum atomic E-state index is -0.700. The quantitative estimate of drug-likeness (QED) is 0.658. The van der Waals surface area contributed by atoms with Crippen molar-refractivity contribution < 1.29 is 13.5 Å². The number of nitrogen functional groups attached to an aromatic ring is 1. The fourth-order valence-electron chi connectivity index (χ4n) is 1.56. The van der Waals surface area contributed by atoms with Crippen LogP contribution in [0.4, 0.5) is 8.78 Å². The molecule has 3 nitrogen and oxygen atoms in total. The van der Waals surface area contributed by atoms with Crippen molar-refractivity contribution in [3.05, 3.63) is 59.2 Å². The summed E-state index contributed by atoms with van der Waals surface area (Å²) in [5.74, 6) is -1.68. The van der Waals surface area contributed by atoms with Gasteiger partial charge in [0.15, 0.2) is 23.1 Å². The lowest BCUT2D eigenvalue weighted by Gasteiger charge is -2.09. The summed E-state index contributed by atoms with van der Waals surface area (Å²) in [4.78, 5) is 0. The highest BCUT2D eigenvalue weighted by Crippen LogP contribution is 2.28. The summed E-state index contributed by atoms with van der Waals surface area (Å²) < 4.78 is 32.4. The zero-order chi connectivity index (χ0) is 14.0. The molecule has 3 N–H and O–H groups in total. The van der Waals surface area contributed by atoms with E-state index in [1.807, 2.05) is 0 Å². The van der Waals surface area contributed by atoms with Crippen LogP contribution in [0.5, 0.6) is 11.5 Å². The van der Waals surface area contributed by atoms with Crippen LogP contribution in [-0.4, -0.2) is 5.84 Å². The van der Waals surface area contributed by atoms with Gasteiger partial charge in [-0.25, -0.2) is 8.78 Å². The highest BCUT2D eigenvalue weighted by atomic mass is 19.1. The third-order valence-corrected chi connectivity index (χ3v) is 2.55. The zero-order valence-electron chi connectivity index (χ0n) is 10.2. The van der Waals surface area contributed by atoms with Crippen molar-refractivity contribution in [3.63, 3.8) is 0 Å². The molecule has 0 bridgehead atoms. The van der Waals surface area contributed by atoms with Gasteiger partial charge in [-0.3, -0.25) is 5.41 Å². The van der Waals surface area contributed by atoms with Crippen molar-refractivity contribution in [2.75, 3.05) is 0 Å². The molecule has 0 amide bonds. The number of halogens is 2. The second-order valence-electron chi connectivity index (χ2n) is 4.09. The first-order valence-electron chi connectivity index (χ1n) is 5.55. The maximum Gasteiger partial charge on any atom is 0.166 e. The summed E-state index contributed by atoms with van der Waals surface area (Å²) in [6.07, 6.45) is 0. The third-order valence-electron chi connectivity index (χ3n) is 2.55. The number of ether oxygens (including phenoxy) is 1. The number of aryl methyl sites for hydroxylation is 1. The standard InChI is InChI=1S/C14H12F2N2O/c1-8-2-4-10(15)13(6-8)19-12-5-3-9(14(17)18)7-11(12)16/h2-7H,1H3,(H3,17,18). The molecule has 0 aliphatic carbocycles. The Morgan fingerprint density at radius 3 is 2.42 bits per heavy atom. The molecule has 98 valence electrons. The molecule has 0 fully saturated rings. The van der Waals surface area contributed by atoms with E-state index in [0.717, 1.165) is 11.6 Å². The van der Waals surface area contributed by atoms with Crippen LogP contribution in [0.1, 0.15) is 11.1 Å². The van der Waals surface area contributed by atoms with Crippen LogP contribution in [-0.2, 0) is 0 Å². The molecular weight excluding hydrogens is 250 g/mol. The van der Waals surface area contributed by atoms with E-state index in [-0.39, 0.29) is 22.9 Å². The van der Waals surface area contributed by atoms with Crippen molar-refractivity contribution in [1.82, 2.24) is 0 Å². The Morgan fingerprint density at radius 2 is 1.79 bits per heavy atom. The lowest BCUT2D eigenvalue weighted by Crippen LogP contribution is -2.11. The Kier molecular flexibility index (Phi) is 3.46. The van der Waals surface area contributed by atoms with Crippen LogP contribution in [0.25, 0.3) is 0 Å². The van der Waals surface area contributed by atoms with Crippen LogP contribution in [0.3, 0.4) is 0 Å². The van der Waals surface area contributed by atoms with E-state index in [1.165, 1.54) is 24.3 Å². The number of amidine groups is 1. The van der Waals surface area contributed by atoms with Crippen molar-refractivity contribution in [2.45, 2.75) is 6.92 Å². The van der Waals surface area contributed by atoms with E-state index in [0.29, 0.717) is 0 Å². The van der Waals surface area contributed by atoms with Gasteiger partial charge < -0.3 is 10.5 Å². The summed E-state index contributed by atoms with van der Waals surface area (Å²) in [6, 6.07) is 8.16. The molecular formula is C14H12F2N2O. The van der Waals surface area contributed by atoms with E-state index < -0.39 is 11.6 Å². The van der Waals surface area contributed by atoms with Crippen LogP contribution >= 0.6 is 0 Å². The van der Waals surface area contributed by atoms with Crippen LogP contribution < -0.4 is 10.5 Å². The summed E-state index contributed by atoms with van der Waals surface area (Å²) in [5.41, 5.74) is 6.29. The van der Waals surface area contributed by atoms with Crippen molar-refractivity contribution in [1.29, 1.82) is 5.41 Å². The first kappa shape index (κ1) is 13.0. The third kappa shape index (κ3) is 2.88. The highest BCUT2D eigenvalue weighted by molar-refractivity contribution is 5.95. The molecule has 0 unspecified atom stereocenters. The average molecular weight is 262 g/mol. The Labute approximate surface area is 109 Å². The molecule has 0 aliphatic rings. The predicted molar refractivity (Wildman–Crippen MR) is 68.6 cm³/mol. The van der Waals surface area contributed by atoms with E-state index in [4.69, 9.17) is 15.9 Å². The Hall–Kier alpha value is -2.43. The number of nitrogens with two attached hydrogens (primary N) is 1. The van der Waals surface area contributed by atoms with Crippen molar-refractivity contribution >= 4 is 5.84 Å². The van der Waals surface area contributed by atoms with Gasteiger partial charge in [0.25, 0.3) is 0 Å². The molecule has 0 heterocycles. The van der Waals surface area contributed by atoms with Gasteiger partial charge in [0.05, 0.1) is 0 Å². The van der Waals surface area contributed by atoms with Gasteiger partial charge in [-0.2, -0.15) is 0 Å². The first-order chi connectivity index (χ1) is 8.97. The Bertz CT molecular complexity index is 641. The molecule has 0 radical (unpaired) electrons. The first-order valence-corrected chi connectivity index (χ1v) is 5.55. The van der Waals surface area contributed by atoms with Crippen LogP contribution in [0, 0.1) is 24.0 Å². The monoisotopic (exact) mass is 262 g/mol. The van der Waals surface area contributed by atoms with Crippen molar-refractivity contribution in [3.8, 4) is 11.5 Å². The molecule has 0 spiro atoms. The maximum atomic E-state index is 13.7. The van der Waals surface area contributed by atoms with E-state index in [2.05, 4.69) is 0 Å². The smallest absolute Gasteiger partial charge is 0.166 e. The minimum absolute atomic E-state index is 0.0468. The molecule has 2 aromatic rings. The second kappa shape index (κ2) is 5.06. The van der Waals surface area contributed by atoms with Gasteiger partial charge in [-0.1, -0.05) is 6.07 Å². The highest BCUT2D eigenvalue weighted by Gasteiger charge is 2.10. The second-order valence-corrected chi connectivity index (χ2v) is 4.09. The lowest BCUT2D eigenvalue weighted by atomic mass is 10.2. The summed E-state index contributed by atoms with van der Waals surface area (Å²) in [7, 11) is 0. The molecule has 2 aromatic carbocycles. The van der Waals surface area contributed by atoms with Crippen LogP contribution in [0.2, 0.25) is 0 Å². The van der Waals surface area contributed by atoms with Crippen molar-refractivity contribution in [2.24, 2.45) is 5.73 Å². The van der Waals surface area contributed by atoms with Gasteiger partial charge in [0.1, 0.15) is 5.84 Å². The summed E-state index contributed by atoms with van der Waals surface area (Å²) >= 11 is 0. The number of benzene rings is 2. The summed E-state index contributed by atoms with van der Waals surface area (Å²) in [5, 5.41) is 7.20. The average Bonchev–Trinajstić information content (AvgIpc) is 2.36. The fraction of sp³-hybridized carbons (Fsp3) is 0.0714. The minimum Gasteiger partial charge on any atom is -0.451 e. The largest absolute Gasteiger partial charge is 0.451 e. The molecule has 19 heavy (non-hydrogen) atoms. The predicted octanol–water partition coefficient (Wildman–Crippen LogP) is 3.35. The number of hydrogen-bond donors (Lipinski definition) is 2. The SMILES string of the molecule is Cc1ccc(F)c(Oc2ccc(C(=N)N)cc2F)c1. The lowest BCUT2D eigenvalue weighted by molar-refractivity contribution is 0.414. The Balaban J connectivity index is 2.33. The maximum absolute atomic E-state index is 13.7. The zero-order valence-corrected chi connectivity index (χ0v) is 10.2. The molecule has 0 saturated heterocycles. The molecule has 0 aromatic heterocycles.